The van der Waals surface area contributed by atoms with Gasteiger partial charge in [0.2, 0.25) is 0 Å². The number of aliphatic hydroxyl groups excluding tert-OH is 1. The minimum atomic E-state index is -0.684. The third-order valence-electron chi connectivity index (χ3n) is 2.66. The number of benzene rings is 2. The Morgan fingerprint density at radius 1 is 1.17 bits per heavy atom. The first kappa shape index (κ1) is 12.6. The van der Waals surface area contributed by atoms with Crippen molar-refractivity contribution in [3.63, 3.8) is 0 Å². The predicted octanol–water partition coefficient (Wildman–Crippen LogP) is 3.46. The Kier molecular flexibility index (Phi) is 3.95. The molecule has 0 heterocycles. The summed E-state index contributed by atoms with van der Waals surface area (Å²) in [5, 5.41) is 9.59. The molecule has 0 unspecified atom stereocenters. The summed E-state index contributed by atoms with van der Waals surface area (Å²) in [5.74, 6) is 0.0105. The average molecular weight is 246 g/mol. The molecule has 0 saturated carbocycles. The molecule has 0 radical (unpaired) electrons. The molecule has 0 aromatic heterocycles. The van der Waals surface area contributed by atoms with Crippen LogP contribution in [0.4, 0.5) is 4.39 Å². The van der Waals surface area contributed by atoms with Crippen molar-refractivity contribution in [2.75, 3.05) is 0 Å². The van der Waals surface area contributed by atoms with Crippen LogP contribution in [0.15, 0.2) is 48.5 Å². The van der Waals surface area contributed by atoms with Gasteiger partial charge in [0.25, 0.3) is 0 Å². The summed E-state index contributed by atoms with van der Waals surface area (Å²) in [5.41, 5.74) is 1.59. The van der Waals surface area contributed by atoms with E-state index in [9.17, 15) is 9.50 Å². The molecule has 1 N–H and O–H groups in total. The third-order valence-corrected chi connectivity index (χ3v) is 2.66. The molecule has 94 valence electrons. The average Bonchev–Trinajstić information content (AvgIpc) is 2.37. The van der Waals surface area contributed by atoms with Crippen molar-refractivity contribution in [1.29, 1.82) is 0 Å². The van der Waals surface area contributed by atoms with Gasteiger partial charge in [-0.1, -0.05) is 30.3 Å². The molecule has 0 amide bonds. The molecule has 2 aromatic rings. The number of halogens is 1. The summed E-state index contributed by atoms with van der Waals surface area (Å²) in [7, 11) is 0. The van der Waals surface area contributed by atoms with Gasteiger partial charge in [0, 0.05) is 11.6 Å². The van der Waals surface area contributed by atoms with Crippen LogP contribution in [-0.4, -0.2) is 5.11 Å². The molecule has 0 saturated heterocycles. The van der Waals surface area contributed by atoms with Crippen molar-refractivity contribution in [3.05, 3.63) is 65.5 Å². The quantitative estimate of drug-likeness (QED) is 0.895. The van der Waals surface area contributed by atoms with Crippen molar-refractivity contribution >= 4 is 0 Å². The Morgan fingerprint density at radius 2 is 1.89 bits per heavy atom. The van der Waals surface area contributed by atoms with E-state index in [1.54, 1.807) is 13.0 Å². The van der Waals surface area contributed by atoms with Gasteiger partial charge in [0.05, 0.1) is 6.10 Å². The van der Waals surface area contributed by atoms with Crippen LogP contribution in [-0.2, 0) is 6.61 Å². The number of aliphatic hydroxyl groups is 1. The fraction of sp³-hybridized carbons (Fsp3) is 0.200. The molecule has 1 atom stereocenters. The van der Waals surface area contributed by atoms with Gasteiger partial charge in [0.1, 0.15) is 18.2 Å². The molecule has 18 heavy (non-hydrogen) atoms. The Balaban J connectivity index is 2.15. The lowest BCUT2D eigenvalue weighted by atomic mass is 10.1. The molecule has 0 bridgehead atoms. The molecule has 0 aliphatic heterocycles. The molecular formula is C15H15FO2. The SMILES string of the molecule is C[C@@H](O)c1ccc(F)cc1OCc1ccccc1. The first-order chi connectivity index (χ1) is 8.66. The first-order valence-electron chi connectivity index (χ1n) is 5.81. The van der Waals surface area contributed by atoms with Crippen molar-refractivity contribution < 1.29 is 14.2 Å². The Labute approximate surface area is 106 Å². The summed E-state index contributed by atoms with van der Waals surface area (Å²) in [6.45, 7) is 1.98. The second kappa shape index (κ2) is 5.65. The molecule has 2 nitrogen and oxygen atoms in total. The standard InChI is InChI=1S/C15H15FO2/c1-11(17)14-8-7-13(16)9-15(14)18-10-12-5-3-2-4-6-12/h2-9,11,17H,10H2,1H3/t11-/m1/s1. The van der Waals surface area contributed by atoms with E-state index < -0.39 is 6.10 Å². The fourth-order valence-electron chi connectivity index (χ4n) is 1.71. The normalized spacial score (nSPS) is 12.2. The lowest BCUT2D eigenvalue weighted by molar-refractivity contribution is 0.190. The summed E-state index contributed by atoms with van der Waals surface area (Å²) >= 11 is 0. The largest absolute Gasteiger partial charge is 0.488 e. The number of rotatable bonds is 4. The van der Waals surface area contributed by atoms with Crippen LogP contribution in [0.5, 0.6) is 5.75 Å². The van der Waals surface area contributed by atoms with Crippen LogP contribution in [0.1, 0.15) is 24.2 Å². The van der Waals surface area contributed by atoms with Crippen LogP contribution in [0.3, 0.4) is 0 Å². The topological polar surface area (TPSA) is 29.5 Å². The van der Waals surface area contributed by atoms with Gasteiger partial charge in [-0.2, -0.15) is 0 Å². The van der Waals surface area contributed by atoms with Gasteiger partial charge >= 0.3 is 0 Å². The zero-order valence-corrected chi connectivity index (χ0v) is 10.1. The smallest absolute Gasteiger partial charge is 0.128 e. The molecule has 0 fully saturated rings. The van der Waals surface area contributed by atoms with Crippen LogP contribution < -0.4 is 4.74 Å². The fourth-order valence-corrected chi connectivity index (χ4v) is 1.71. The second-order valence-electron chi connectivity index (χ2n) is 4.13. The highest BCUT2D eigenvalue weighted by molar-refractivity contribution is 5.35. The Hall–Kier alpha value is -1.87. The summed E-state index contributed by atoms with van der Waals surface area (Å²) in [6, 6.07) is 13.8. The molecule has 0 aliphatic rings. The van der Waals surface area contributed by atoms with Crippen molar-refractivity contribution in [3.8, 4) is 5.75 Å². The maximum atomic E-state index is 13.2. The highest BCUT2D eigenvalue weighted by Gasteiger charge is 2.10. The van der Waals surface area contributed by atoms with Gasteiger partial charge in [-0.05, 0) is 24.6 Å². The maximum absolute atomic E-state index is 13.2. The van der Waals surface area contributed by atoms with Gasteiger partial charge in [0.15, 0.2) is 0 Å². The van der Waals surface area contributed by atoms with E-state index in [-0.39, 0.29) is 5.82 Å². The van der Waals surface area contributed by atoms with E-state index in [0.29, 0.717) is 17.9 Å². The summed E-state index contributed by atoms with van der Waals surface area (Å²) < 4.78 is 18.7. The summed E-state index contributed by atoms with van der Waals surface area (Å²) in [6.07, 6.45) is -0.684. The van der Waals surface area contributed by atoms with E-state index >= 15 is 0 Å². The maximum Gasteiger partial charge on any atom is 0.128 e. The van der Waals surface area contributed by atoms with Crippen LogP contribution in [0.25, 0.3) is 0 Å². The number of ether oxygens (including phenoxy) is 1. The molecule has 0 spiro atoms. The minimum Gasteiger partial charge on any atom is -0.488 e. The zero-order valence-electron chi connectivity index (χ0n) is 10.1. The van der Waals surface area contributed by atoms with Gasteiger partial charge in [-0.3, -0.25) is 0 Å². The molecule has 2 aromatic carbocycles. The predicted molar refractivity (Wildman–Crippen MR) is 67.8 cm³/mol. The van der Waals surface area contributed by atoms with Gasteiger partial charge in [-0.15, -0.1) is 0 Å². The lowest BCUT2D eigenvalue weighted by Crippen LogP contribution is -2.01. The van der Waals surface area contributed by atoms with Gasteiger partial charge < -0.3 is 9.84 Å². The van der Waals surface area contributed by atoms with E-state index in [0.717, 1.165) is 5.56 Å². The van der Waals surface area contributed by atoms with E-state index in [1.165, 1.54) is 12.1 Å². The highest BCUT2D eigenvalue weighted by atomic mass is 19.1. The van der Waals surface area contributed by atoms with E-state index in [4.69, 9.17) is 4.74 Å². The minimum absolute atomic E-state index is 0.351. The van der Waals surface area contributed by atoms with Crippen molar-refractivity contribution in [2.24, 2.45) is 0 Å². The molecule has 2 rings (SSSR count). The highest BCUT2D eigenvalue weighted by Crippen LogP contribution is 2.26. The van der Waals surface area contributed by atoms with Crippen LogP contribution in [0.2, 0.25) is 0 Å². The number of hydrogen-bond acceptors (Lipinski definition) is 2. The Bertz CT molecular complexity index is 509. The zero-order chi connectivity index (χ0) is 13.0. The molecule has 3 heteroatoms. The third kappa shape index (κ3) is 3.08. The van der Waals surface area contributed by atoms with Crippen LogP contribution in [0, 0.1) is 5.82 Å². The van der Waals surface area contributed by atoms with Crippen molar-refractivity contribution in [1.82, 2.24) is 0 Å². The van der Waals surface area contributed by atoms with Crippen LogP contribution >= 0.6 is 0 Å². The summed E-state index contributed by atoms with van der Waals surface area (Å²) in [4.78, 5) is 0. The van der Waals surface area contributed by atoms with E-state index in [2.05, 4.69) is 0 Å². The monoisotopic (exact) mass is 246 g/mol. The lowest BCUT2D eigenvalue weighted by Gasteiger charge is -2.13. The Morgan fingerprint density at radius 3 is 2.56 bits per heavy atom. The second-order valence-corrected chi connectivity index (χ2v) is 4.13. The number of hydrogen-bond donors (Lipinski definition) is 1. The van der Waals surface area contributed by atoms with E-state index in [1.807, 2.05) is 30.3 Å². The first-order valence-corrected chi connectivity index (χ1v) is 5.81. The van der Waals surface area contributed by atoms with Crippen molar-refractivity contribution in [2.45, 2.75) is 19.6 Å². The van der Waals surface area contributed by atoms with Gasteiger partial charge in [-0.25, -0.2) is 4.39 Å². The molecule has 0 aliphatic carbocycles. The molecular weight excluding hydrogens is 231 g/mol.